The highest BCUT2D eigenvalue weighted by Crippen LogP contribution is 2.36. The minimum Gasteiger partial charge on any atom is -0.392 e. The number of hydrogen-bond acceptors (Lipinski definition) is 5. The monoisotopic (exact) mass is 502 g/mol. The minimum atomic E-state index is -3.63. The van der Waals surface area contributed by atoms with E-state index in [1.807, 2.05) is 44.2 Å². The molecule has 2 aromatic carbocycles. The fourth-order valence-electron chi connectivity index (χ4n) is 4.89. The van der Waals surface area contributed by atoms with Gasteiger partial charge in [0, 0.05) is 19.6 Å². The zero-order chi connectivity index (χ0) is 25.6. The van der Waals surface area contributed by atoms with Crippen LogP contribution in [0.5, 0.6) is 0 Å². The van der Waals surface area contributed by atoms with Crippen molar-refractivity contribution >= 4 is 21.5 Å². The number of sulfonamides is 1. The number of hydrogen-bond donors (Lipinski definition) is 2. The molecular weight excluding hydrogens is 467 g/mol. The number of nitrogens with one attached hydrogen (secondary N) is 1. The third-order valence-electron chi connectivity index (χ3n) is 7.02. The zero-order valence-electron chi connectivity index (χ0n) is 20.7. The van der Waals surface area contributed by atoms with Crippen LogP contribution >= 0.6 is 0 Å². The van der Waals surface area contributed by atoms with E-state index in [9.17, 15) is 22.7 Å². The number of carbonyl (C=O) groups excluding carboxylic acids is 1. The third kappa shape index (κ3) is 6.57. The molecule has 0 radical (unpaired) electrons. The van der Waals surface area contributed by atoms with E-state index in [0.29, 0.717) is 24.9 Å². The summed E-state index contributed by atoms with van der Waals surface area (Å²) in [6, 6.07) is 14.5. The maximum absolute atomic E-state index is 13.9. The lowest BCUT2D eigenvalue weighted by Crippen LogP contribution is -2.50. The standard InChI is InChI=1S/C27H35FN2O4S/c1-4-27(5-2,26(32)29-35(3,33)34)19-30-15-13-21(14-16-30)25(20-9-7-6-8-10-20)24-12-11-23(28)17-22(24)18-31/h6-12,17,31H,4-5,13-16,18-19H2,1-3H3,(H,29,32). The van der Waals surface area contributed by atoms with Crippen LogP contribution in [0.2, 0.25) is 0 Å². The first-order valence-corrected chi connectivity index (χ1v) is 13.9. The topological polar surface area (TPSA) is 86.7 Å². The SMILES string of the molecule is CCC(CC)(CN1CCC(=C(c2ccccc2)c2ccc(F)cc2CO)CC1)C(=O)NS(C)(=O)=O. The van der Waals surface area contributed by atoms with E-state index in [1.54, 1.807) is 6.07 Å². The third-order valence-corrected chi connectivity index (χ3v) is 7.58. The van der Waals surface area contributed by atoms with E-state index in [2.05, 4.69) is 9.62 Å². The van der Waals surface area contributed by atoms with Gasteiger partial charge in [0.25, 0.3) is 0 Å². The smallest absolute Gasteiger partial charge is 0.240 e. The first-order valence-electron chi connectivity index (χ1n) is 12.0. The van der Waals surface area contributed by atoms with Crippen molar-refractivity contribution in [2.45, 2.75) is 46.1 Å². The number of piperidine rings is 1. The molecule has 3 rings (SSSR count). The summed E-state index contributed by atoms with van der Waals surface area (Å²) in [6.07, 6.45) is 3.58. The number of aliphatic hydroxyl groups is 1. The maximum Gasteiger partial charge on any atom is 0.240 e. The van der Waals surface area contributed by atoms with Crippen molar-refractivity contribution in [2.24, 2.45) is 5.41 Å². The molecule has 35 heavy (non-hydrogen) atoms. The Bertz CT molecular complexity index is 1160. The van der Waals surface area contributed by atoms with Gasteiger partial charge in [-0.25, -0.2) is 12.8 Å². The number of benzene rings is 2. The van der Waals surface area contributed by atoms with Crippen molar-refractivity contribution in [3.05, 3.63) is 76.6 Å². The highest BCUT2D eigenvalue weighted by molar-refractivity contribution is 7.89. The molecule has 1 fully saturated rings. The Morgan fingerprint density at radius 2 is 1.71 bits per heavy atom. The van der Waals surface area contributed by atoms with Gasteiger partial charge in [0.1, 0.15) is 5.82 Å². The summed E-state index contributed by atoms with van der Waals surface area (Å²) in [6.45, 7) is 5.49. The summed E-state index contributed by atoms with van der Waals surface area (Å²) < 4.78 is 39.4. The second-order valence-corrected chi connectivity index (χ2v) is 11.0. The van der Waals surface area contributed by atoms with E-state index in [-0.39, 0.29) is 12.4 Å². The quantitative estimate of drug-likeness (QED) is 0.539. The van der Waals surface area contributed by atoms with Crippen molar-refractivity contribution in [1.82, 2.24) is 9.62 Å². The second kappa shape index (κ2) is 11.5. The minimum absolute atomic E-state index is 0.256. The van der Waals surface area contributed by atoms with Gasteiger partial charge in [-0.3, -0.25) is 9.52 Å². The van der Waals surface area contributed by atoms with Gasteiger partial charge in [-0.15, -0.1) is 0 Å². The van der Waals surface area contributed by atoms with Gasteiger partial charge < -0.3 is 10.0 Å². The van der Waals surface area contributed by atoms with Gasteiger partial charge >= 0.3 is 0 Å². The number of rotatable bonds is 9. The molecule has 1 aliphatic heterocycles. The summed E-state index contributed by atoms with van der Waals surface area (Å²) >= 11 is 0. The number of likely N-dealkylation sites (tertiary alicyclic amines) is 1. The molecule has 2 N–H and O–H groups in total. The zero-order valence-corrected chi connectivity index (χ0v) is 21.5. The molecule has 0 bridgehead atoms. The molecule has 0 atom stereocenters. The molecule has 190 valence electrons. The lowest BCUT2D eigenvalue weighted by molar-refractivity contribution is -0.131. The van der Waals surface area contributed by atoms with Gasteiger partial charge in [0.05, 0.1) is 18.3 Å². The molecule has 0 unspecified atom stereocenters. The van der Waals surface area contributed by atoms with E-state index >= 15 is 0 Å². The molecule has 0 saturated carbocycles. The molecule has 8 heteroatoms. The molecule has 0 aliphatic carbocycles. The molecule has 1 heterocycles. The van der Waals surface area contributed by atoms with Crippen LogP contribution in [-0.2, 0) is 21.4 Å². The summed E-state index contributed by atoms with van der Waals surface area (Å²) in [4.78, 5) is 15.1. The van der Waals surface area contributed by atoms with Gasteiger partial charge in [0.15, 0.2) is 0 Å². The number of carbonyl (C=O) groups is 1. The second-order valence-electron chi connectivity index (χ2n) is 9.27. The van der Waals surface area contributed by atoms with Crippen molar-refractivity contribution in [3.63, 3.8) is 0 Å². The summed E-state index contributed by atoms with van der Waals surface area (Å²) in [5.41, 5.74) is 3.84. The first-order chi connectivity index (χ1) is 16.6. The number of halogens is 1. The van der Waals surface area contributed by atoms with Gasteiger partial charge in [-0.2, -0.15) is 0 Å². The fourth-order valence-corrected chi connectivity index (χ4v) is 5.45. The molecule has 1 saturated heterocycles. The Labute approximate surface area is 207 Å². The van der Waals surface area contributed by atoms with Gasteiger partial charge in [0.2, 0.25) is 15.9 Å². The maximum atomic E-state index is 13.9. The number of amides is 1. The Morgan fingerprint density at radius 1 is 1.09 bits per heavy atom. The molecule has 0 aromatic heterocycles. The van der Waals surface area contributed by atoms with Crippen LogP contribution < -0.4 is 4.72 Å². The van der Waals surface area contributed by atoms with Crippen LogP contribution in [0, 0.1) is 11.2 Å². The summed E-state index contributed by atoms with van der Waals surface area (Å²) in [5, 5.41) is 9.92. The Balaban J connectivity index is 1.90. The van der Waals surface area contributed by atoms with Crippen LogP contribution in [0.3, 0.4) is 0 Å². The molecule has 6 nitrogen and oxygen atoms in total. The van der Waals surface area contributed by atoms with Crippen LogP contribution in [0.25, 0.3) is 5.57 Å². The molecule has 2 aromatic rings. The largest absolute Gasteiger partial charge is 0.392 e. The van der Waals surface area contributed by atoms with Crippen molar-refractivity contribution in [3.8, 4) is 0 Å². The number of aliphatic hydroxyl groups excluding tert-OH is 1. The number of nitrogens with zero attached hydrogens (tertiary/aromatic N) is 1. The molecule has 1 aliphatic rings. The van der Waals surface area contributed by atoms with Crippen LogP contribution in [0.1, 0.15) is 56.2 Å². The first kappa shape index (κ1) is 27.0. The highest BCUT2D eigenvalue weighted by atomic mass is 32.2. The van der Waals surface area contributed by atoms with Crippen molar-refractivity contribution < 1.29 is 22.7 Å². The highest BCUT2D eigenvalue weighted by Gasteiger charge is 2.38. The van der Waals surface area contributed by atoms with E-state index in [0.717, 1.165) is 48.9 Å². The van der Waals surface area contributed by atoms with Gasteiger partial charge in [-0.1, -0.05) is 55.8 Å². The van der Waals surface area contributed by atoms with Crippen molar-refractivity contribution in [1.29, 1.82) is 0 Å². The average Bonchev–Trinajstić information content (AvgIpc) is 2.84. The lowest BCUT2D eigenvalue weighted by Gasteiger charge is -2.38. The van der Waals surface area contributed by atoms with Crippen LogP contribution in [-0.4, -0.2) is 50.2 Å². The predicted octanol–water partition coefficient (Wildman–Crippen LogP) is 4.10. The van der Waals surface area contributed by atoms with E-state index in [4.69, 9.17) is 0 Å². The summed E-state index contributed by atoms with van der Waals surface area (Å²) in [5.74, 6) is -0.830. The Morgan fingerprint density at radius 3 is 2.26 bits per heavy atom. The normalized spacial score (nSPS) is 15.2. The fraction of sp³-hybridized carbons (Fsp3) is 0.444. The van der Waals surface area contributed by atoms with E-state index in [1.165, 1.54) is 17.7 Å². The molecule has 0 spiro atoms. The van der Waals surface area contributed by atoms with Crippen LogP contribution in [0.4, 0.5) is 4.39 Å². The Hall–Kier alpha value is -2.55. The van der Waals surface area contributed by atoms with Crippen molar-refractivity contribution in [2.75, 3.05) is 25.9 Å². The predicted molar refractivity (Wildman–Crippen MR) is 136 cm³/mol. The molecular formula is C27H35FN2O4S. The average molecular weight is 503 g/mol. The molecule has 1 amide bonds. The Kier molecular flexibility index (Phi) is 8.85. The van der Waals surface area contributed by atoms with Crippen LogP contribution in [0.15, 0.2) is 54.1 Å². The lowest BCUT2D eigenvalue weighted by atomic mass is 9.80. The summed E-state index contributed by atoms with van der Waals surface area (Å²) in [7, 11) is -3.63. The van der Waals surface area contributed by atoms with Gasteiger partial charge in [-0.05, 0) is 60.1 Å². The van der Waals surface area contributed by atoms with E-state index < -0.39 is 21.3 Å².